The maximum Gasteiger partial charge on any atom is 0.292 e. The molecule has 0 spiro atoms. The van der Waals surface area contributed by atoms with Crippen LogP contribution in [0.4, 0.5) is 11.4 Å². The first-order valence-electron chi connectivity index (χ1n) is 6.62. The summed E-state index contributed by atoms with van der Waals surface area (Å²) < 4.78 is 5.82. The molecule has 2 aromatic rings. The molecule has 0 amide bonds. The number of rotatable bonds is 4. The highest BCUT2D eigenvalue weighted by atomic mass is 16.6. The molecule has 2 aromatic carbocycles. The van der Waals surface area contributed by atoms with E-state index in [0.717, 1.165) is 22.4 Å². The second-order valence-corrected chi connectivity index (χ2v) is 5.17. The fourth-order valence-electron chi connectivity index (χ4n) is 2.39. The first-order valence-corrected chi connectivity index (χ1v) is 6.62. The van der Waals surface area contributed by atoms with Gasteiger partial charge in [-0.05, 0) is 43.5 Å². The van der Waals surface area contributed by atoms with Crippen LogP contribution in [-0.2, 0) is 6.61 Å². The van der Waals surface area contributed by atoms with Gasteiger partial charge in [0.25, 0.3) is 5.69 Å². The summed E-state index contributed by atoms with van der Waals surface area (Å²) in [6.07, 6.45) is 0. The second-order valence-electron chi connectivity index (χ2n) is 5.17. The Morgan fingerprint density at radius 2 is 1.76 bits per heavy atom. The molecule has 0 fully saturated rings. The maximum atomic E-state index is 10.9. The molecule has 0 bridgehead atoms. The normalized spacial score (nSPS) is 10.4. The minimum absolute atomic E-state index is 0.0894. The quantitative estimate of drug-likeness (QED) is 0.528. The van der Waals surface area contributed by atoms with E-state index in [2.05, 4.69) is 0 Å². The van der Waals surface area contributed by atoms with Gasteiger partial charge in [0.15, 0.2) is 0 Å². The van der Waals surface area contributed by atoms with Crippen LogP contribution in [-0.4, -0.2) is 4.92 Å². The van der Waals surface area contributed by atoms with E-state index < -0.39 is 4.92 Å². The lowest BCUT2D eigenvalue weighted by molar-refractivity contribution is -0.384. The summed E-state index contributed by atoms with van der Waals surface area (Å²) in [6, 6.07) is 8.82. The van der Waals surface area contributed by atoms with Crippen molar-refractivity contribution in [1.82, 2.24) is 0 Å². The molecule has 0 saturated heterocycles. The maximum absolute atomic E-state index is 10.9. The van der Waals surface area contributed by atoms with Crippen LogP contribution < -0.4 is 10.5 Å². The molecule has 5 nitrogen and oxygen atoms in total. The van der Waals surface area contributed by atoms with E-state index in [1.54, 1.807) is 6.07 Å². The second kappa shape index (κ2) is 5.83. The number of hydrogen-bond donors (Lipinski definition) is 1. The Bertz CT molecular complexity index is 673. The van der Waals surface area contributed by atoms with Crippen LogP contribution in [0.1, 0.15) is 22.3 Å². The molecule has 2 rings (SSSR count). The Labute approximate surface area is 123 Å². The number of nitro groups is 1. The number of anilines is 1. The minimum Gasteiger partial charge on any atom is -0.488 e. The van der Waals surface area contributed by atoms with Gasteiger partial charge in [0, 0.05) is 6.07 Å². The molecule has 21 heavy (non-hydrogen) atoms. The minimum atomic E-state index is -0.485. The van der Waals surface area contributed by atoms with Gasteiger partial charge >= 0.3 is 0 Å². The summed E-state index contributed by atoms with van der Waals surface area (Å²) >= 11 is 0. The largest absolute Gasteiger partial charge is 0.488 e. The molecule has 0 aliphatic rings. The highest BCUT2D eigenvalue weighted by Gasteiger charge is 2.12. The van der Waals surface area contributed by atoms with Crippen LogP contribution in [0.2, 0.25) is 0 Å². The highest BCUT2D eigenvalue weighted by molar-refractivity contribution is 5.59. The van der Waals surface area contributed by atoms with Crippen LogP contribution in [0.5, 0.6) is 5.75 Å². The third kappa shape index (κ3) is 3.31. The summed E-state index contributed by atoms with van der Waals surface area (Å²) in [6.45, 7) is 6.28. The molecule has 110 valence electrons. The van der Waals surface area contributed by atoms with Gasteiger partial charge in [-0.15, -0.1) is 0 Å². The third-order valence-electron chi connectivity index (χ3n) is 3.28. The molecular weight excluding hydrogens is 268 g/mol. The van der Waals surface area contributed by atoms with E-state index in [9.17, 15) is 10.1 Å². The number of nitrogens with zero attached hydrogens (tertiary/aromatic N) is 1. The molecule has 0 radical (unpaired) electrons. The van der Waals surface area contributed by atoms with Gasteiger partial charge in [0.2, 0.25) is 0 Å². The molecule has 0 unspecified atom stereocenters. The molecule has 0 aliphatic carbocycles. The first kappa shape index (κ1) is 14.8. The molecule has 5 heteroatoms. The van der Waals surface area contributed by atoms with Crippen molar-refractivity contribution in [2.45, 2.75) is 27.4 Å². The van der Waals surface area contributed by atoms with E-state index in [-0.39, 0.29) is 18.0 Å². The Morgan fingerprint density at radius 1 is 1.14 bits per heavy atom. The monoisotopic (exact) mass is 286 g/mol. The summed E-state index contributed by atoms with van der Waals surface area (Å²) in [5.74, 6) is 0.820. The molecule has 2 N–H and O–H groups in total. The molecular formula is C16H18N2O3. The van der Waals surface area contributed by atoms with Crippen molar-refractivity contribution >= 4 is 11.4 Å². The highest BCUT2D eigenvalue weighted by Crippen LogP contribution is 2.27. The van der Waals surface area contributed by atoms with Crippen molar-refractivity contribution in [1.29, 1.82) is 0 Å². The predicted octanol–water partition coefficient (Wildman–Crippen LogP) is 3.68. The number of nitrogen functional groups attached to an aromatic ring is 1. The van der Waals surface area contributed by atoms with Gasteiger partial charge < -0.3 is 10.5 Å². The van der Waals surface area contributed by atoms with Crippen molar-refractivity contribution in [3.8, 4) is 5.75 Å². The Hall–Kier alpha value is -2.56. The lowest BCUT2D eigenvalue weighted by atomic mass is 10.1. The summed E-state index contributed by atoms with van der Waals surface area (Å²) in [7, 11) is 0. The Kier molecular flexibility index (Phi) is 4.12. The van der Waals surface area contributed by atoms with Crippen molar-refractivity contribution in [2.75, 3.05) is 5.73 Å². The van der Waals surface area contributed by atoms with Crippen LogP contribution in [0, 0.1) is 30.9 Å². The zero-order valence-corrected chi connectivity index (χ0v) is 12.3. The van der Waals surface area contributed by atoms with E-state index in [1.165, 1.54) is 17.7 Å². The van der Waals surface area contributed by atoms with Gasteiger partial charge in [-0.2, -0.15) is 0 Å². The zero-order chi connectivity index (χ0) is 15.6. The van der Waals surface area contributed by atoms with E-state index in [1.807, 2.05) is 32.9 Å². The van der Waals surface area contributed by atoms with Gasteiger partial charge in [-0.1, -0.05) is 23.8 Å². The van der Waals surface area contributed by atoms with Crippen LogP contribution in [0.25, 0.3) is 0 Å². The van der Waals surface area contributed by atoms with E-state index >= 15 is 0 Å². The molecule has 0 heterocycles. The number of nitro benzene ring substituents is 1. The zero-order valence-electron chi connectivity index (χ0n) is 12.3. The number of aryl methyl sites for hydroxylation is 3. The van der Waals surface area contributed by atoms with Crippen molar-refractivity contribution in [3.63, 3.8) is 0 Å². The van der Waals surface area contributed by atoms with Gasteiger partial charge in [0.05, 0.1) is 4.92 Å². The average Bonchev–Trinajstić information content (AvgIpc) is 2.38. The number of benzene rings is 2. The lowest BCUT2D eigenvalue weighted by Crippen LogP contribution is -2.02. The smallest absolute Gasteiger partial charge is 0.292 e. The van der Waals surface area contributed by atoms with Crippen LogP contribution >= 0.6 is 0 Å². The topological polar surface area (TPSA) is 78.4 Å². The Balaban J connectivity index is 2.21. The van der Waals surface area contributed by atoms with Crippen molar-refractivity contribution < 1.29 is 9.66 Å². The summed E-state index contributed by atoms with van der Waals surface area (Å²) in [4.78, 5) is 10.4. The van der Waals surface area contributed by atoms with Gasteiger partial charge in [-0.3, -0.25) is 10.1 Å². The lowest BCUT2D eigenvalue weighted by Gasteiger charge is -2.13. The summed E-state index contributed by atoms with van der Waals surface area (Å²) in [5.41, 5.74) is 9.65. The SMILES string of the molecule is Cc1cc(C)c(OCc2ccc(N)c([N+](=O)[O-])c2)c(C)c1. The Morgan fingerprint density at radius 3 is 2.33 bits per heavy atom. The van der Waals surface area contributed by atoms with Gasteiger partial charge in [0.1, 0.15) is 18.0 Å². The standard InChI is InChI=1S/C16H18N2O3/c1-10-6-11(2)16(12(3)7-10)21-9-13-4-5-14(17)15(8-13)18(19)20/h4-8H,9,17H2,1-3H3. The van der Waals surface area contributed by atoms with E-state index in [0.29, 0.717) is 0 Å². The van der Waals surface area contributed by atoms with Crippen molar-refractivity contribution in [2.24, 2.45) is 0 Å². The number of ether oxygens (including phenoxy) is 1. The molecule has 0 saturated carbocycles. The van der Waals surface area contributed by atoms with E-state index in [4.69, 9.17) is 10.5 Å². The van der Waals surface area contributed by atoms with Crippen LogP contribution in [0.15, 0.2) is 30.3 Å². The van der Waals surface area contributed by atoms with Crippen LogP contribution in [0.3, 0.4) is 0 Å². The number of nitrogens with two attached hydrogens (primary N) is 1. The predicted molar refractivity (Wildman–Crippen MR) is 82.5 cm³/mol. The fourth-order valence-corrected chi connectivity index (χ4v) is 2.39. The van der Waals surface area contributed by atoms with Crippen molar-refractivity contribution in [3.05, 3.63) is 62.7 Å². The third-order valence-corrected chi connectivity index (χ3v) is 3.28. The molecule has 0 aromatic heterocycles. The van der Waals surface area contributed by atoms with Gasteiger partial charge in [-0.25, -0.2) is 0 Å². The number of hydrogen-bond acceptors (Lipinski definition) is 4. The molecule has 0 aliphatic heterocycles. The fraction of sp³-hybridized carbons (Fsp3) is 0.250. The summed E-state index contributed by atoms with van der Waals surface area (Å²) in [5, 5.41) is 10.9. The average molecular weight is 286 g/mol. The first-order chi connectivity index (χ1) is 9.88. The molecule has 0 atom stereocenters.